The molecule has 1 rings (SSSR count). The van der Waals surface area contributed by atoms with Gasteiger partial charge in [-0.2, -0.15) is 0 Å². The molecule has 0 aliphatic rings. The van der Waals surface area contributed by atoms with Crippen LogP contribution in [0.2, 0.25) is 0 Å². The van der Waals surface area contributed by atoms with E-state index in [1.54, 1.807) is 7.11 Å². The topological polar surface area (TPSA) is 38.5 Å². The third-order valence-corrected chi connectivity index (χ3v) is 2.99. The third-order valence-electron chi connectivity index (χ3n) is 2.99. The van der Waals surface area contributed by atoms with Crippen molar-refractivity contribution in [1.82, 2.24) is 4.90 Å². The molecule has 0 heterocycles. The van der Waals surface area contributed by atoms with Crippen LogP contribution in [-0.4, -0.2) is 31.6 Å². The van der Waals surface area contributed by atoms with Gasteiger partial charge in [0.25, 0.3) is 0 Å². The summed E-state index contributed by atoms with van der Waals surface area (Å²) in [5.74, 6) is 0.918. The summed E-state index contributed by atoms with van der Waals surface area (Å²) >= 11 is 0. The molecule has 0 aliphatic heterocycles. The van der Waals surface area contributed by atoms with Crippen molar-refractivity contribution in [3.63, 3.8) is 0 Å². The van der Waals surface area contributed by atoms with Crippen LogP contribution in [0.5, 0.6) is 5.75 Å². The monoisotopic (exact) mass is 236 g/mol. The van der Waals surface area contributed by atoms with E-state index >= 15 is 0 Å². The summed E-state index contributed by atoms with van der Waals surface area (Å²) in [6.45, 7) is 4.10. The van der Waals surface area contributed by atoms with Crippen molar-refractivity contribution >= 4 is 0 Å². The van der Waals surface area contributed by atoms with Crippen LogP contribution in [0.15, 0.2) is 24.3 Å². The molecule has 2 N–H and O–H groups in total. The van der Waals surface area contributed by atoms with E-state index < -0.39 is 0 Å². The number of nitrogens with zero attached hydrogens (tertiary/aromatic N) is 1. The molecule has 0 saturated carbocycles. The Labute approximate surface area is 105 Å². The Morgan fingerprint density at radius 2 is 2.18 bits per heavy atom. The molecule has 0 aliphatic carbocycles. The number of methoxy groups -OCH3 is 1. The molecule has 96 valence electrons. The summed E-state index contributed by atoms with van der Waals surface area (Å²) in [6, 6.07) is 8.52. The maximum Gasteiger partial charge on any atom is 0.119 e. The van der Waals surface area contributed by atoms with Crippen molar-refractivity contribution in [1.29, 1.82) is 0 Å². The van der Waals surface area contributed by atoms with Crippen LogP contribution in [0.4, 0.5) is 0 Å². The number of ether oxygens (including phenoxy) is 1. The molecule has 0 spiro atoms. The first-order chi connectivity index (χ1) is 8.15. The van der Waals surface area contributed by atoms with Crippen LogP contribution in [0.25, 0.3) is 0 Å². The van der Waals surface area contributed by atoms with Crippen LogP contribution >= 0.6 is 0 Å². The van der Waals surface area contributed by atoms with E-state index in [4.69, 9.17) is 10.5 Å². The van der Waals surface area contributed by atoms with Crippen molar-refractivity contribution in [2.45, 2.75) is 32.4 Å². The first-order valence-corrected chi connectivity index (χ1v) is 6.22. The van der Waals surface area contributed by atoms with Crippen LogP contribution in [0, 0.1) is 0 Å². The van der Waals surface area contributed by atoms with Gasteiger partial charge in [-0.15, -0.1) is 0 Å². The molecule has 1 unspecified atom stereocenters. The molecule has 0 aromatic heterocycles. The Balaban J connectivity index is 2.41. The van der Waals surface area contributed by atoms with Crippen molar-refractivity contribution in [3.05, 3.63) is 29.8 Å². The molecule has 0 fully saturated rings. The lowest BCUT2D eigenvalue weighted by atomic mass is 10.1. The molecule has 3 nitrogen and oxygen atoms in total. The quantitative estimate of drug-likeness (QED) is 0.789. The Hall–Kier alpha value is -1.06. The smallest absolute Gasteiger partial charge is 0.119 e. The van der Waals surface area contributed by atoms with Gasteiger partial charge in [-0.3, -0.25) is 0 Å². The van der Waals surface area contributed by atoms with Crippen molar-refractivity contribution in [2.24, 2.45) is 5.73 Å². The minimum absolute atomic E-state index is 0.322. The maximum absolute atomic E-state index is 5.91. The van der Waals surface area contributed by atoms with Gasteiger partial charge in [0.1, 0.15) is 5.75 Å². The van der Waals surface area contributed by atoms with Crippen molar-refractivity contribution in [3.8, 4) is 5.75 Å². The van der Waals surface area contributed by atoms with Crippen LogP contribution in [-0.2, 0) is 6.54 Å². The van der Waals surface area contributed by atoms with E-state index in [1.165, 1.54) is 5.56 Å². The predicted molar refractivity (Wildman–Crippen MR) is 72.2 cm³/mol. The fourth-order valence-electron chi connectivity index (χ4n) is 1.75. The highest BCUT2D eigenvalue weighted by Gasteiger charge is 2.04. The van der Waals surface area contributed by atoms with Gasteiger partial charge in [0.05, 0.1) is 7.11 Å². The number of nitrogens with two attached hydrogens (primary N) is 1. The molecule has 0 amide bonds. The third kappa shape index (κ3) is 5.20. The Bertz CT molecular complexity index is 328. The van der Waals surface area contributed by atoms with Crippen LogP contribution in [0.1, 0.15) is 25.3 Å². The van der Waals surface area contributed by atoms with E-state index in [1.807, 2.05) is 12.1 Å². The Morgan fingerprint density at radius 1 is 1.41 bits per heavy atom. The summed E-state index contributed by atoms with van der Waals surface area (Å²) in [6.07, 6.45) is 2.10. The number of benzene rings is 1. The molecule has 0 radical (unpaired) electrons. The molecular weight excluding hydrogens is 212 g/mol. The second-order valence-corrected chi connectivity index (χ2v) is 4.55. The van der Waals surface area contributed by atoms with E-state index in [-0.39, 0.29) is 0 Å². The lowest BCUT2D eigenvalue weighted by molar-refractivity contribution is 0.308. The summed E-state index contributed by atoms with van der Waals surface area (Å²) in [4.78, 5) is 2.30. The molecule has 0 saturated heterocycles. The molecule has 1 atom stereocenters. The fourth-order valence-corrected chi connectivity index (χ4v) is 1.75. The molecular formula is C14H24N2O. The van der Waals surface area contributed by atoms with Gasteiger partial charge in [-0.05, 0) is 44.1 Å². The summed E-state index contributed by atoms with van der Waals surface area (Å²) < 4.78 is 5.21. The molecule has 0 bridgehead atoms. The van der Waals surface area contributed by atoms with Gasteiger partial charge in [-0.1, -0.05) is 19.1 Å². The van der Waals surface area contributed by atoms with Gasteiger partial charge in [-0.25, -0.2) is 0 Å². The molecule has 1 aromatic carbocycles. The minimum Gasteiger partial charge on any atom is -0.497 e. The van der Waals surface area contributed by atoms with Gasteiger partial charge in [0, 0.05) is 12.6 Å². The number of hydrogen-bond acceptors (Lipinski definition) is 3. The zero-order valence-electron chi connectivity index (χ0n) is 11.1. The lowest BCUT2D eigenvalue weighted by Gasteiger charge is -2.19. The van der Waals surface area contributed by atoms with Crippen LogP contribution in [0.3, 0.4) is 0 Å². The van der Waals surface area contributed by atoms with Gasteiger partial charge in [0.15, 0.2) is 0 Å². The predicted octanol–water partition coefficient (Wildman–Crippen LogP) is 2.25. The maximum atomic E-state index is 5.91. The average molecular weight is 236 g/mol. The summed E-state index contributed by atoms with van der Waals surface area (Å²) in [7, 11) is 3.82. The first kappa shape index (κ1) is 14.0. The van der Waals surface area contributed by atoms with E-state index in [9.17, 15) is 0 Å². The first-order valence-electron chi connectivity index (χ1n) is 6.22. The van der Waals surface area contributed by atoms with Crippen molar-refractivity contribution in [2.75, 3.05) is 20.7 Å². The minimum atomic E-state index is 0.322. The second-order valence-electron chi connectivity index (χ2n) is 4.55. The number of rotatable bonds is 7. The van der Waals surface area contributed by atoms with Gasteiger partial charge >= 0.3 is 0 Å². The summed E-state index contributed by atoms with van der Waals surface area (Å²) in [5, 5.41) is 0. The van der Waals surface area contributed by atoms with Crippen molar-refractivity contribution < 1.29 is 4.74 Å². The average Bonchev–Trinajstić information content (AvgIpc) is 2.36. The zero-order valence-corrected chi connectivity index (χ0v) is 11.1. The highest BCUT2D eigenvalue weighted by atomic mass is 16.5. The number of hydrogen-bond donors (Lipinski definition) is 1. The van der Waals surface area contributed by atoms with E-state index in [0.29, 0.717) is 6.04 Å². The van der Waals surface area contributed by atoms with Gasteiger partial charge < -0.3 is 15.4 Å². The van der Waals surface area contributed by atoms with Gasteiger partial charge in [0.2, 0.25) is 0 Å². The van der Waals surface area contributed by atoms with Crippen LogP contribution < -0.4 is 10.5 Å². The molecule has 3 heteroatoms. The summed E-state index contributed by atoms with van der Waals surface area (Å²) in [5.41, 5.74) is 7.19. The van der Waals surface area contributed by atoms with E-state index in [0.717, 1.165) is 31.7 Å². The largest absolute Gasteiger partial charge is 0.497 e. The zero-order chi connectivity index (χ0) is 12.7. The highest BCUT2D eigenvalue weighted by Crippen LogP contribution is 2.14. The molecule has 1 aromatic rings. The van der Waals surface area contributed by atoms with E-state index in [2.05, 4.69) is 31.0 Å². The SMILES string of the molecule is CCC(N)CCN(C)Cc1cccc(OC)c1. The lowest BCUT2D eigenvalue weighted by Crippen LogP contribution is -2.27. The Morgan fingerprint density at radius 3 is 2.82 bits per heavy atom. The Kier molecular flexibility index (Phi) is 6.01. The second kappa shape index (κ2) is 7.30. The molecule has 17 heavy (non-hydrogen) atoms. The standard InChI is InChI=1S/C14H24N2O/c1-4-13(15)8-9-16(2)11-12-6-5-7-14(10-12)17-3/h5-7,10,13H,4,8-9,11,15H2,1-3H3. The highest BCUT2D eigenvalue weighted by molar-refractivity contribution is 5.28. The fraction of sp³-hybridized carbons (Fsp3) is 0.571. The normalized spacial score (nSPS) is 12.8.